The number of carbonyl (C=O) groups is 1. The summed E-state index contributed by atoms with van der Waals surface area (Å²) < 4.78 is 2.68. The van der Waals surface area contributed by atoms with Crippen molar-refractivity contribution in [1.29, 1.82) is 0 Å². The Morgan fingerprint density at radius 1 is 0.857 bits per heavy atom. The van der Waals surface area contributed by atoms with E-state index in [1.807, 2.05) is 45.2 Å². The number of rotatable bonds is 13. The summed E-state index contributed by atoms with van der Waals surface area (Å²) in [6, 6.07) is 23.8. The van der Waals surface area contributed by atoms with Gasteiger partial charge >= 0.3 is 0 Å². The minimum atomic E-state index is 0. The molecule has 0 fully saturated rings. The normalized spacial score (nSPS) is 12.2. The third-order valence-corrected chi connectivity index (χ3v) is 11.8. The molecule has 0 atom stereocenters. The number of thiophene rings is 1. The van der Waals surface area contributed by atoms with Gasteiger partial charge in [0.1, 0.15) is 0 Å². The Labute approximate surface area is 313 Å². The van der Waals surface area contributed by atoms with Gasteiger partial charge in [-0.1, -0.05) is 110 Å². The zero-order valence-corrected chi connectivity index (χ0v) is 34.3. The molecule has 0 aliphatic heterocycles. The van der Waals surface area contributed by atoms with Crippen LogP contribution in [0.5, 0.6) is 0 Å². The van der Waals surface area contributed by atoms with E-state index in [-0.39, 0.29) is 48.9 Å². The van der Waals surface area contributed by atoms with Gasteiger partial charge in [-0.3, -0.25) is 9.78 Å². The first-order valence-electron chi connectivity index (χ1n) is 18.2. The van der Waals surface area contributed by atoms with Gasteiger partial charge in [0.2, 0.25) is 0 Å². The van der Waals surface area contributed by atoms with Crippen LogP contribution in [0.3, 0.4) is 0 Å². The van der Waals surface area contributed by atoms with Crippen molar-refractivity contribution >= 4 is 48.1 Å². The zero-order valence-electron chi connectivity index (χ0n) is 31.1. The van der Waals surface area contributed by atoms with Crippen molar-refractivity contribution in [3.63, 3.8) is 0 Å². The summed E-state index contributed by atoms with van der Waals surface area (Å²) in [6.45, 7) is 19.7. The van der Waals surface area contributed by atoms with E-state index >= 15 is 0 Å². The van der Waals surface area contributed by atoms with Crippen LogP contribution < -0.4 is 0 Å². The minimum Gasteiger partial charge on any atom is -0.512 e. The summed E-state index contributed by atoms with van der Waals surface area (Å²) in [5.74, 6) is 1.18. The summed E-state index contributed by atoms with van der Waals surface area (Å²) in [4.78, 5) is 16.6. The molecule has 0 spiro atoms. The third-order valence-electron chi connectivity index (χ3n) is 10.4. The molecule has 265 valence electrons. The molecule has 0 aliphatic rings. The summed E-state index contributed by atoms with van der Waals surface area (Å²) in [6.07, 6.45) is 10.2. The van der Waals surface area contributed by atoms with Gasteiger partial charge in [-0.05, 0) is 73.3 Å². The number of hydrogen-bond acceptors (Lipinski definition) is 4. The number of ketones is 1. The van der Waals surface area contributed by atoms with Crippen molar-refractivity contribution < 1.29 is 30.0 Å². The first-order valence-corrected chi connectivity index (χ1v) is 19.1. The van der Waals surface area contributed by atoms with Crippen molar-refractivity contribution in [1.82, 2.24) is 4.98 Å². The van der Waals surface area contributed by atoms with Gasteiger partial charge in [0.25, 0.3) is 0 Å². The second-order valence-electron chi connectivity index (χ2n) is 13.9. The van der Waals surface area contributed by atoms with Crippen molar-refractivity contribution in [3.8, 4) is 11.3 Å². The molecular formula is C44H56IrNO2S-. The Morgan fingerprint density at radius 3 is 2.08 bits per heavy atom. The van der Waals surface area contributed by atoms with Crippen LogP contribution in [-0.4, -0.2) is 15.9 Å². The van der Waals surface area contributed by atoms with Gasteiger partial charge in [-0.2, -0.15) is 0 Å². The van der Waals surface area contributed by atoms with Gasteiger partial charge in [-0.15, -0.1) is 40.5 Å². The maximum Gasteiger partial charge on any atom is 0.162 e. The van der Waals surface area contributed by atoms with E-state index < -0.39 is 0 Å². The number of fused-ring (bicyclic) bond motifs is 4. The smallest absolute Gasteiger partial charge is 0.162 e. The number of allylic oxidation sites excluding steroid dienone is 2. The van der Waals surface area contributed by atoms with Gasteiger partial charge in [0, 0.05) is 64.7 Å². The molecule has 0 saturated heterocycles. The average molecular weight is 855 g/mol. The van der Waals surface area contributed by atoms with E-state index in [2.05, 4.69) is 95.3 Å². The second kappa shape index (κ2) is 18.4. The Kier molecular flexibility index (Phi) is 15.2. The van der Waals surface area contributed by atoms with Crippen LogP contribution in [0.25, 0.3) is 42.2 Å². The Morgan fingerprint density at radius 2 is 1.47 bits per heavy atom. The molecule has 0 unspecified atom stereocenters. The van der Waals surface area contributed by atoms with Crippen LogP contribution >= 0.6 is 11.3 Å². The van der Waals surface area contributed by atoms with Gasteiger partial charge in [0.15, 0.2) is 5.78 Å². The molecule has 3 aromatic carbocycles. The molecule has 5 rings (SSSR count). The Hall–Kier alpha value is -2.85. The van der Waals surface area contributed by atoms with Crippen LogP contribution in [0.15, 0.2) is 72.6 Å². The van der Waals surface area contributed by atoms with E-state index in [0.29, 0.717) is 5.92 Å². The number of hydrogen-bond donors (Lipinski definition) is 1. The fourth-order valence-electron chi connectivity index (χ4n) is 6.84. The fraction of sp³-hybridized carbons (Fsp3) is 0.455. The molecule has 5 aromatic rings. The number of aliphatic hydroxyl groups is 1. The standard InChI is InChI=1S/C31H32NS.C13H24O2.Ir/c1-6-31(5,7-2)27-19-23(18-21-11-8-9-13-24(21)27)28-30-26(15-16-32-28)25-14-10-12-22(17-20(3)4)29(25)33-30;1-5-10(6-2)12(14)9-13(15)11(7-3)8-4;/h8-16,19-20H,6-7,17H2,1-5H3;9-11,14H,5-8H2,1-4H3;/q-1;;/b;12-9-;. The van der Waals surface area contributed by atoms with E-state index in [9.17, 15) is 9.90 Å². The first-order chi connectivity index (χ1) is 23.0. The molecule has 0 amide bonds. The van der Waals surface area contributed by atoms with E-state index in [0.717, 1.165) is 56.2 Å². The molecule has 2 heterocycles. The van der Waals surface area contributed by atoms with E-state index in [1.165, 1.54) is 48.1 Å². The maximum atomic E-state index is 11.7. The monoisotopic (exact) mass is 855 g/mol. The number of pyridine rings is 1. The molecule has 0 bridgehead atoms. The van der Waals surface area contributed by atoms with Crippen LogP contribution in [0, 0.1) is 23.8 Å². The molecule has 0 saturated carbocycles. The average Bonchev–Trinajstić information content (AvgIpc) is 3.48. The topological polar surface area (TPSA) is 50.2 Å². The summed E-state index contributed by atoms with van der Waals surface area (Å²) in [5, 5.41) is 14.9. The maximum absolute atomic E-state index is 11.7. The third kappa shape index (κ3) is 9.09. The molecule has 2 aromatic heterocycles. The first kappa shape index (κ1) is 40.6. The van der Waals surface area contributed by atoms with E-state index in [4.69, 9.17) is 4.98 Å². The number of carbonyl (C=O) groups excluding carboxylic acids is 1. The fourth-order valence-corrected chi connectivity index (χ4v) is 8.16. The van der Waals surface area contributed by atoms with Crippen LogP contribution in [-0.2, 0) is 36.7 Å². The van der Waals surface area contributed by atoms with Crippen LogP contribution in [0.2, 0.25) is 0 Å². The molecular weight excluding hydrogens is 799 g/mol. The van der Waals surface area contributed by atoms with Crippen LogP contribution in [0.4, 0.5) is 0 Å². The van der Waals surface area contributed by atoms with Gasteiger partial charge < -0.3 is 5.11 Å². The van der Waals surface area contributed by atoms with Crippen molar-refractivity contribution in [2.24, 2.45) is 17.8 Å². The molecule has 49 heavy (non-hydrogen) atoms. The Bertz CT molecular complexity index is 1860. The largest absolute Gasteiger partial charge is 0.512 e. The van der Waals surface area contributed by atoms with Crippen molar-refractivity contribution in [2.45, 2.75) is 113 Å². The predicted molar refractivity (Wildman–Crippen MR) is 209 cm³/mol. The second-order valence-corrected chi connectivity index (χ2v) is 15.0. The predicted octanol–water partition coefficient (Wildman–Crippen LogP) is 13.2. The summed E-state index contributed by atoms with van der Waals surface area (Å²) in [5.41, 5.74) is 5.16. The van der Waals surface area contributed by atoms with Crippen molar-refractivity contribution in [2.75, 3.05) is 0 Å². The quantitative estimate of drug-likeness (QED) is 0.0729. The van der Waals surface area contributed by atoms with Crippen molar-refractivity contribution in [3.05, 3.63) is 89.8 Å². The summed E-state index contributed by atoms with van der Waals surface area (Å²) in [7, 11) is 0. The van der Waals surface area contributed by atoms with Crippen LogP contribution in [0.1, 0.15) is 112 Å². The van der Waals surface area contributed by atoms with Gasteiger partial charge in [-0.25, -0.2) is 0 Å². The molecule has 3 nitrogen and oxygen atoms in total. The number of benzene rings is 3. The molecule has 1 radical (unpaired) electrons. The number of aliphatic hydroxyl groups excluding tert-OH is 1. The SMILES string of the molecule is CCC(C)(CC)c1cc(-c2nccc3c2sc2c(CC(C)C)cccc23)[c-]c2ccccc12.CCC(CC)C(=O)/C=C(\O)C(CC)CC.[Ir]. The molecule has 5 heteroatoms. The Balaban J connectivity index is 0.000000347. The number of nitrogens with zero attached hydrogens (tertiary/aromatic N) is 1. The minimum absolute atomic E-state index is 0. The van der Waals surface area contributed by atoms with Gasteiger partial charge in [0.05, 0.1) is 5.76 Å². The molecule has 0 aliphatic carbocycles. The van der Waals surface area contributed by atoms with E-state index in [1.54, 1.807) is 0 Å². The number of aromatic nitrogens is 1. The summed E-state index contributed by atoms with van der Waals surface area (Å²) >= 11 is 1.90. The zero-order chi connectivity index (χ0) is 35.0. The molecule has 1 N–H and O–H groups in total.